The zero-order chi connectivity index (χ0) is 19.9. The van der Waals surface area contributed by atoms with Crippen molar-refractivity contribution < 1.29 is 9.90 Å². The molecule has 0 bridgehead atoms. The fourth-order valence-corrected chi connectivity index (χ4v) is 3.67. The van der Waals surface area contributed by atoms with E-state index < -0.39 is 5.97 Å². The van der Waals surface area contributed by atoms with Gasteiger partial charge >= 0.3 is 5.97 Å². The number of aromatic nitrogens is 1. The van der Waals surface area contributed by atoms with Crippen LogP contribution in [0.1, 0.15) is 46.8 Å². The Morgan fingerprint density at radius 2 is 1.93 bits per heavy atom. The molecule has 5 nitrogen and oxygen atoms in total. The molecule has 0 unspecified atom stereocenters. The number of halogens is 1. The van der Waals surface area contributed by atoms with E-state index >= 15 is 0 Å². The Kier molecular flexibility index (Phi) is 4.89. The SMILES string of the molecule is Cc1c(N)c(C=N)cc2c(Cl)c(C(C)C)c(-c3ccc(C(=O)O)cc3)nc12. The van der Waals surface area contributed by atoms with Crippen LogP contribution in [-0.2, 0) is 0 Å². The first kappa shape index (κ1) is 18.9. The Labute approximate surface area is 162 Å². The van der Waals surface area contributed by atoms with E-state index in [4.69, 9.17) is 32.8 Å². The van der Waals surface area contributed by atoms with Crippen molar-refractivity contribution in [2.75, 3.05) is 5.73 Å². The molecule has 0 spiro atoms. The number of aryl methyl sites for hydroxylation is 1. The van der Waals surface area contributed by atoms with Gasteiger partial charge in [0.2, 0.25) is 0 Å². The lowest BCUT2D eigenvalue weighted by Gasteiger charge is -2.19. The average Bonchev–Trinajstić information content (AvgIpc) is 2.64. The molecular formula is C21H20ClN3O2. The summed E-state index contributed by atoms with van der Waals surface area (Å²) in [6.07, 6.45) is 1.21. The smallest absolute Gasteiger partial charge is 0.335 e. The molecule has 27 heavy (non-hydrogen) atoms. The minimum Gasteiger partial charge on any atom is -0.478 e. The summed E-state index contributed by atoms with van der Waals surface area (Å²) >= 11 is 6.78. The summed E-state index contributed by atoms with van der Waals surface area (Å²) in [7, 11) is 0. The quantitative estimate of drug-likeness (QED) is 0.423. The lowest BCUT2D eigenvalue weighted by Crippen LogP contribution is -2.04. The van der Waals surface area contributed by atoms with Gasteiger partial charge in [-0.1, -0.05) is 37.6 Å². The van der Waals surface area contributed by atoms with Crippen LogP contribution in [0.5, 0.6) is 0 Å². The molecule has 0 amide bonds. The molecule has 0 aliphatic heterocycles. The lowest BCUT2D eigenvalue weighted by atomic mass is 9.93. The van der Waals surface area contributed by atoms with Crippen LogP contribution >= 0.6 is 11.6 Å². The highest BCUT2D eigenvalue weighted by atomic mass is 35.5. The normalized spacial score (nSPS) is 11.1. The molecule has 6 heteroatoms. The summed E-state index contributed by atoms with van der Waals surface area (Å²) in [5, 5.41) is 18.0. The molecule has 1 heterocycles. The van der Waals surface area contributed by atoms with Crippen LogP contribution in [-0.4, -0.2) is 22.3 Å². The van der Waals surface area contributed by atoms with E-state index in [-0.39, 0.29) is 11.5 Å². The standard InChI is InChI=1S/C21H20ClN3O2/c1-10(2)16-17(22)15-8-14(9-23)18(24)11(3)19(15)25-20(16)12-4-6-13(7-5-12)21(26)27/h4-10,23H,24H2,1-3H3,(H,26,27). The number of hydrogen-bond donors (Lipinski definition) is 3. The van der Waals surface area contributed by atoms with E-state index in [0.29, 0.717) is 27.5 Å². The Hall–Kier alpha value is -2.92. The number of hydrogen-bond acceptors (Lipinski definition) is 4. The van der Waals surface area contributed by atoms with E-state index in [1.807, 2.05) is 20.8 Å². The van der Waals surface area contributed by atoms with E-state index in [2.05, 4.69) is 0 Å². The monoisotopic (exact) mass is 381 g/mol. The molecule has 3 rings (SSSR count). The van der Waals surface area contributed by atoms with Gasteiger partial charge < -0.3 is 16.2 Å². The Morgan fingerprint density at radius 1 is 1.30 bits per heavy atom. The number of rotatable bonds is 4. The summed E-state index contributed by atoms with van der Waals surface area (Å²) < 4.78 is 0. The fraction of sp³-hybridized carbons (Fsp3) is 0.190. The van der Waals surface area contributed by atoms with Crippen molar-refractivity contribution in [1.82, 2.24) is 4.98 Å². The van der Waals surface area contributed by atoms with Crippen LogP contribution in [0.3, 0.4) is 0 Å². The van der Waals surface area contributed by atoms with Gasteiger partial charge in [-0.15, -0.1) is 0 Å². The van der Waals surface area contributed by atoms with Gasteiger partial charge in [0.15, 0.2) is 0 Å². The number of carboxylic acid groups (broad SMARTS) is 1. The maximum Gasteiger partial charge on any atom is 0.335 e. The van der Waals surface area contributed by atoms with Crippen LogP contribution in [0.4, 0.5) is 5.69 Å². The van der Waals surface area contributed by atoms with Crippen molar-refractivity contribution in [2.24, 2.45) is 0 Å². The number of fused-ring (bicyclic) bond motifs is 1. The predicted octanol–water partition coefficient (Wildman–Crippen LogP) is 5.27. The number of benzene rings is 2. The minimum absolute atomic E-state index is 0.102. The Balaban J connectivity index is 2.38. The Bertz CT molecular complexity index is 1070. The zero-order valence-electron chi connectivity index (χ0n) is 15.3. The topological polar surface area (TPSA) is 100 Å². The first-order valence-electron chi connectivity index (χ1n) is 8.52. The van der Waals surface area contributed by atoms with Gasteiger partial charge in [0.1, 0.15) is 0 Å². The number of nitrogens with two attached hydrogens (primary N) is 1. The number of nitrogen functional groups attached to an aromatic ring is 1. The van der Waals surface area contributed by atoms with Gasteiger partial charge in [-0.05, 0) is 36.6 Å². The average molecular weight is 382 g/mol. The van der Waals surface area contributed by atoms with E-state index in [9.17, 15) is 4.79 Å². The van der Waals surface area contributed by atoms with Crippen LogP contribution < -0.4 is 5.73 Å². The van der Waals surface area contributed by atoms with Gasteiger partial charge in [-0.3, -0.25) is 0 Å². The van der Waals surface area contributed by atoms with Gasteiger partial charge in [0.25, 0.3) is 0 Å². The maximum absolute atomic E-state index is 11.1. The van der Waals surface area contributed by atoms with Crippen molar-refractivity contribution >= 4 is 40.4 Å². The first-order chi connectivity index (χ1) is 12.8. The molecule has 0 fully saturated rings. The van der Waals surface area contributed by atoms with Crippen LogP contribution in [0, 0.1) is 12.3 Å². The fourth-order valence-electron chi connectivity index (χ4n) is 3.22. The lowest BCUT2D eigenvalue weighted by molar-refractivity contribution is 0.0697. The highest BCUT2D eigenvalue weighted by Crippen LogP contribution is 2.40. The van der Waals surface area contributed by atoms with Crippen LogP contribution in [0.15, 0.2) is 30.3 Å². The third-order valence-electron chi connectivity index (χ3n) is 4.71. The van der Waals surface area contributed by atoms with Crippen molar-refractivity contribution in [3.63, 3.8) is 0 Å². The largest absolute Gasteiger partial charge is 0.478 e. The molecule has 1 aromatic heterocycles. The summed E-state index contributed by atoms with van der Waals surface area (Å²) in [5.74, 6) is -0.872. The first-order valence-corrected chi connectivity index (χ1v) is 8.90. The molecule has 0 saturated carbocycles. The zero-order valence-corrected chi connectivity index (χ0v) is 16.1. The van der Waals surface area contributed by atoms with Crippen molar-refractivity contribution in [3.05, 3.63) is 57.6 Å². The third kappa shape index (κ3) is 3.15. The molecule has 0 aliphatic rings. The van der Waals surface area contributed by atoms with Crippen LogP contribution in [0.25, 0.3) is 22.2 Å². The Morgan fingerprint density at radius 3 is 2.44 bits per heavy atom. The van der Waals surface area contributed by atoms with Gasteiger partial charge in [0, 0.05) is 34.0 Å². The van der Waals surface area contributed by atoms with E-state index in [0.717, 1.165) is 22.1 Å². The highest BCUT2D eigenvalue weighted by Gasteiger charge is 2.20. The summed E-state index contributed by atoms with van der Waals surface area (Å²) in [6.45, 7) is 5.93. The van der Waals surface area contributed by atoms with Crippen molar-refractivity contribution in [1.29, 1.82) is 5.41 Å². The van der Waals surface area contributed by atoms with Gasteiger partial charge in [-0.25, -0.2) is 9.78 Å². The van der Waals surface area contributed by atoms with E-state index in [1.54, 1.807) is 30.3 Å². The number of carboxylic acids is 1. The molecule has 0 radical (unpaired) electrons. The second-order valence-electron chi connectivity index (χ2n) is 6.77. The summed E-state index contributed by atoms with van der Waals surface area (Å²) in [6, 6.07) is 8.39. The number of aromatic carboxylic acids is 1. The molecule has 2 aromatic carbocycles. The predicted molar refractivity (Wildman–Crippen MR) is 110 cm³/mol. The van der Waals surface area contributed by atoms with Crippen LogP contribution in [0.2, 0.25) is 5.02 Å². The van der Waals surface area contributed by atoms with Gasteiger partial charge in [0.05, 0.1) is 21.8 Å². The van der Waals surface area contributed by atoms with Crippen molar-refractivity contribution in [2.45, 2.75) is 26.7 Å². The minimum atomic E-state index is -0.974. The highest BCUT2D eigenvalue weighted by molar-refractivity contribution is 6.37. The number of nitrogens with zero attached hydrogens (tertiary/aromatic N) is 1. The molecule has 3 aromatic rings. The van der Waals surface area contributed by atoms with E-state index in [1.165, 1.54) is 6.21 Å². The molecule has 4 N–H and O–H groups in total. The van der Waals surface area contributed by atoms with Gasteiger partial charge in [-0.2, -0.15) is 0 Å². The molecule has 138 valence electrons. The summed E-state index contributed by atoms with van der Waals surface area (Å²) in [4.78, 5) is 16.0. The maximum atomic E-state index is 11.1. The summed E-state index contributed by atoms with van der Waals surface area (Å²) in [5.41, 5.74) is 11.3. The number of carbonyl (C=O) groups is 1. The molecule has 0 atom stereocenters. The third-order valence-corrected chi connectivity index (χ3v) is 5.12. The number of pyridine rings is 1. The number of nitrogens with one attached hydrogen (secondary N) is 1. The second kappa shape index (κ2) is 7.00. The molecule has 0 aliphatic carbocycles. The second-order valence-corrected chi connectivity index (χ2v) is 7.15. The molecule has 0 saturated heterocycles. The molecular weight excluding hydrogens is 362 g/mol. The van der Waals surface area contributed by atoms with Crippen molar-refractivity contribution in [3.8, 4) is 11.3 Å². The number of anilines is 1.